The smallest absolute Gasteiger partial charge is 0.00101 e. The third kappa shape index (κ3) is 1.75. The summed E-state index contributed by atoms with van der Waals surface area (Å²) in [5.41, 5.74) is 11.8. The van der Waals surface area contributed by atoms with Gasteiger partial charge >= 0.3 is 0 Å². The van der Waals surface area contributed by atoms with Crippen LogP contribution in [0.4, 0.5) is 0 Å². The summed E-state index contributed by atoms with van der Waals surface area (Å²) in [6.45, 7) is 0. The van der Waals surface area contributed by atoms with Crippen LogP contribution in [0.2, 0.25) is 0 Å². The summed E-state index contributed by atoms with van der Waals surface area (Å²) in [4.78, 5) is 0. The molecule has 0 spiro atoms. The molecule has 5 aromatic carbocycles. The zero-order valence-corrected chi connectivity index (χ0v) is 15.5. The molecule has 130 valence electrons. The molecule has 0 unspecified atom stereocenters. The van der Waals surface area contributed by atoms with Crippen molar-refractivity contribution in [2.45, 2.75) is 12.8 Å². The van der Waals surface area contributed by atoms with Crippen molar-refractivity contribution in [3.05, 3.63) is 107 Å². The van der Waals surface area contributed by atoms with Crippen LogP contribution in [-0.2, 0) is 12.8 Å². The molecule has 0 heteroatoms. The zero-order valence-electron chi connectivity index (χ0n) is 15.5. The van der Waals surface area contributed by atoms with Crippen LogP contribution in [-0.4, -0.2) is 0 Å². The summed E-state index contributed by atoms with van der Waals surface area (Å²) in [5, 5.41) is 5.48. The lowest BCUT2D eigenvalue weighted by Crippen LogP contribution is -1.94. The second-order valence-corrected chi connectivity index (χ2v) is 8.12. The second-order valence-electron chi connectivity index (χ2n) is 8.12. The first-order valence-corrected chi connectivity index (χ1v) is 10.1. The number of benzene rings is 5. The van der Waals surface area contributed by atoms with Gasteiger partial charge in [-0.3, -0.25) is 0 Å². The van der Waals surface area contributed by atoms with E-state index in [0.29, 0.717) is 0 Å². The normalized spacial score (nSPS) is 13.4. The molecule has 0 radical (unpaired) electrons. The Morgan fingerprint density at radius 2 is 0.893 bits per heavy atom. The van der Waals surface area contributed by atoms with Crippen molar-refractivity contribution in [2.24, 2.45) is 0 Å². The Hall–Kier alpha value is -3.38. The monoisotopic (exact) mass is 354 g/mol. The van der Waals surface area contributed by atoms with Crippen LogP contribution < -0.4 is 0 Å². The van der Waals surface area contributed by atoms with Gasteiger partial charge in [-0.2, -0.15) is 0 Å². The molecule has 0 bridgehead atoms. The van der Waals surface area contributed by atoms with E-state index in [2.05, 4.69) is 84.9 Å². The predicted molar refractivity (Wildman–Crippen MR) is 118 cm³/mol. The first-order valence-electron chi connectivity index (χ1n) is 10.1. The fourth-order valence-corrected chi connectivity index (χ4v) is 5.50. The Morgan fingerprint density at radius 1 is 0.464 bits per heavy atom. The van der Waals surface area contributed by atoms with Crippen LogP contribution in [0.1, 0.15) is 22.3 Å². The highest BCUT2D eigenvalue weighted by Crippen LogP contribution is 2.52. The van der Waals surface area contributed by atoms with Crippen LogP contribution >= 0.6 is 0 Å². The Kier molecular flexibility index (Phi) is 2.67. The molecule has 2 aliphatic rings. The lowest BCUT2D eigenvalue weighted by molar-refractivity contribution is 1.17. The lowest BCUT2D eigenvalue weighted by atomic mass is 9.87. The number of hydrogen-bond donors (Lipinski definition) is 0. The molecule has 0 aromatic heterocycles. The summed E-state index contributed by atoms with van der Waals surface area (Å²) in [5.74, 6) is 0. The maximum atomic E-state index is 2.42. The average Bonchev–Trinajstić information content (AvgIpc) is 3.32. The quantitative estimate of drug-likeness (QED) is 0.254. The Balaban J connectivity index is 1.72. The van der Waals surface area contributed by atoms with E-state index >= 15 is 0 Å². The highest BCUT2D eigenvalue weighted by atomic mass is 14.3. The molecule has 2 aliphatic carbocycles. The Bertz CT molecular complexity index is 1340. The Morgan fingerprint density at radius 3 is 1.39 bits per heavy atom. The van der Waals surface area contributed by atoms with Gasteiger partial charge in [0.25, 0.3) is 0 Å². The van der Waals surface area contributed by atoms with Crippen LogP contribution in [0.15, 0.2) is 84.9 Å². The van der Waals surface area contributed by atoms with Crippen molar-refractivity contribution in [2.75, 3.05) is 0 Å². The van der Waals surface area contributed by atoms with Crippen molar-refractivity contribution in [1.29, 1.82) is 0 Å². The van der Waals surface area contributed by atoms with E-state index in [9.17, 15) is 0 Å². The van der Waals surface area contributed by atoms with Gasteiger partial charge in [0.1, 0.15) is 0 Å². The fraction of sp³-hybridized carbons (Fsp3) is 0.0714. The summed E-state index contributed by atoms with van der Waals surface area (Å²) < 4.78 is 0. The van der Waals surface area contributed by atoms with Gasteiger partial charge < -0.3 is 0 Å². The van der Waals surface area contributed by atoms with Crippen LogP contribution in [0.3, 0.4) is 0 Å². The predicted octanol–water partition coefficient (Wildman–Crippen LogP) is 7.14. The maximum Gasteiger partial charge on any atom is -0.00101 e. The van der Waals surface area contributed by atoms with E-state index in [1.54, 1.807) is 11.1 Å². The number of rotatable bonds is 0. The first-order chi connectivity index (χ1) is 13.9. The average molecular weight is 354 g/mol. The SMILES string of the molecule is c1ccc2c(c1)Cc1c3c(c4cc5ccccc5cc4c1-2)-c1ccccc1C3. The minimum atomic E-state index is 1.06. The fourth-order valence-electron chi connectivity index (χ4n) is 5.50. The van der Waals surface area contributed by atoms with Gasteiger partial charge in [0.2, 0.25) is 0 Å². The highest BCUT2D eigenvalue weighted by Gasteiger charge is 2.31. The summed E-state index contributed by atoms with van der Waals surface area (Å²) >= 11 is 0. The van der Waals surface area contributed by atoms with Gasteiger partial charge in [0.15, 0.2) is 0 Å². The third-order valence-corrected chi connectivity index (χ3v) is 6.70. The zero-order chi connectivity index (χ0) is 18.2. The maximum absolute atomic E-state index is 2.42. The molecule has 5 aromatic rings. The first kappa shape index (κ1) is 14.6. The van der Waals surface area contributed by atoms with Gasteiger partial charge in [-0.25, -0.2) is 0 Å². The van der Waals surface area contributed by atoms with Crippen molar-refractivity contribution >= 4 is 21.5 Å². The van der Waals surface area contributed by atoms with E-state index in [-0.39, 0.29) is 0 Å². The van der Waals surface area contributed by atoms with Crippen LogP contribution in [0, 0.1) is 0 Å². The van der Waals surface area contributed by atoms with Crippen molar-refractivity contribution in [1.82, 2.24) is 0 Å². The van der Waals surface area contributed by atoms with Crippen molar-refractivity contribution in [3.8, 4) is 22.3 Å². The van der Waals surface area contributed by atoms with Crippen LogP contribution in [0.5, 0.6) is 0 Å². The van der Waals surface area contributed by atoms with E-state index in [0.717, 1.165) is 12.8 Å². The van der Waals surface area contributed by atoms with E-state index in [4.69, 9.17) is 0 Å². The van der Waals surface area contributed by atoms with Gasteiger partial charge in [-0.15, -0.1) is 0 Å². The molecule has 0 N–H and O–H groups in total. The second kappa shape index (κ2) is 5.11. The minimum absolute atomic E-state index is 1.06. The molecule has 28 heavy (non-hydrogen) atoms. The summed E-state index contributed by atoms with van der Waals surface area (Å²) in [6.07, 6.45) is 2.12. The summed E-state index contributed by atoms with van der Waals surface area (Å²) in [7, 11) is 0. The highest BCUT2D eigenvalue weighted by molar-refractivity contribution is 6.15. The molecule has 0 aliphatic heterocycles. The number of fused-ring (bicyclic) bond motifs is 11. The minimum Gasteiger partial charge on any atom is -0.0619 e. The third-order valence-electron chi connectivity index (χ3n) is 6.70. The molecule has 0 fully saturated rings. The topological polar surface area (TPSA) is 0 Å². The standard InChI is InChI=1S/C28H18/c1-2-8-18-14-24-23(13-17(18)7-1)27-21-11-5-3-9-19(21)15-25(27)26-16-20-10-4-6-12-22(20)28(24)26/h1-14H,15-16H2. The molecule has 0 saturated carbocycles. The van der Waals surface area contributed by atoms with E-state index in [1.165, 1.54) is 54.9 Å². The lowest BCUT2D eigenvalue weighted by Gasteiger charge is -2.16. The Labute approximate surface area is 164 Å². The molecule has 7 rings (SSSR count). The van der Waals surface area contributed by atoms with E-state index in [1.807, 2.05) is 0 Å². The summed E-state index contributed by atoms with van der Waals surface area (Å²) in [6, 6.07) is 31.6. The number of hydrogen-bond acceptors (Lipinski definition) is 0. The van der Waals surface area contributed by atoms with Gasteiger partial charge in [-0.1, -0.05) is 72.8 Å². The largest absolute Gasteiger partial charge is 0.0619 e. The molecule has 0 amide bonds. The van der Waals surface area contributed by atoms with E-state index < -0.39 is 0 Å². The van der Waals surface area contributed by atoms with Crippen LogP contribution in [0.25, 0.3) is 43.8 Å². The van der Waals surface area contributed by atoms with Crippen molar-refractivity contribution < 1.29 is 0 Å². The van der Waals surface area contributed by atoms with Crippen molar-refractivity contribution in [3.63, 3.8) is 0 Å². The molecule has 0 heterocycles. The van der Waals surface area contributed by atoms with Gasteiger partial charge in [0.05, 0.1) is 0 Å². The molecular formula is C28H18. The molecular weight excluding hydrogens is 336 g/mol. The molecule has 0 atom stereocenters. The molecule has 0 saturated heterocycles. The molecule has 0 nitrogen and oxygen atoms in total. The van der Waals surface area contributed by atoms with Gasteiger partial charge in [-0.05, 0) is 91.0 Å². The van der Waals surface area contributed by atoms with Gasteiger partial charge in [0, 0.05) is 0 Å².